The Bertz CT molecular complexity index is 865. The van der Waals surface area contributed by atoms with Gasteiger partial charge in [-0.1, -0.05) is 41.7 Å². The third-order valence-electron chi connectivity index (χ3n) is 3.39. The van der Waals surface area contributed by atoms with Gasteiger partial charge in [-0.25, -0.2) is 9.59 Å². The maximum Gasteiger partial charge on any atom is 0.396 e. The van der Waals surface area contributed by atoms with Crippen LogP contribution in [-0.4, -0.2) is 17.2 Å². The van der Waals surface area contributed by atoms with E-state index in [1.165, 1.54) is 0 Å². The van der Waals surface area contributed by atoms with Crippen LogP contribution in [0.3, 0.4) is 0 Å². The fourth-order valence-electron chi connectivity index (χ4n) is 2.27. The standard InChI is InChI=1S/C17H14O5S/c18-16(19)13(8-6-11-4-2-1-3-5-11)21-12-7-9-15-14(10-12)22-17(20)23-15/h1-5,7,9-10,13H,6,8H2,(H,18,19). The molecule has 1 aromatic heterocycles. The van der Waals surface area contributed by atoms with Crippen LogP contribution < -0.4 is 9.68 Å². The largest absolute Gasteiger partial charge is 0.479 e. The van der Waals surface area contributed by atoms with Gasteiger partial charge in [0.2, 0.25) is 0 Å². The highest BCUT2D eigenvalue weighted by atomic mass is 32.1. The SMILES string of the molecule is O=C(O)C(CCc1ccccc1)Oc1ccc2sc(=O)oc2c1. The Kier molecular flexibility index (Phi) is 4.43. The number of carboxylic acids is 1. The number of hydrogen-bond acceptors (Lipinski definition) is 5. The Morgan fingerprint density at radius 2 is 2.00 bits per heavy atom. The van der Waals surface area contributed by atoms with E-state index >= 15 is 0 Å². The van der Waals surface area contributed by atoms with Crippen LogP contribution in [0, 0.1) is 0 Å². The molecule has 6 heteroatoms. The van der Waals surface area contributed by atoms with Crippen molar-refractivity contribution in [2.45, 2.75) is 18.9 Å². The third-order valence-corrected chi connectivity index (χ3v) is 4.20. The lowest BCUT2D eigenvalue weighted by atomic mass is 10.1. The van der Waals surface area contributed by atoms with Gasteiger partial charge in [0.1, 0.15) is 5.75 Å². The van der Waals surface area contributed by atoms with Gasteiger partial charge in [-0.05, 0) is 30.5 Å². The fraction of sp³-hybridized carbons (Fsp3) is 0.176. The van der Waals surface area contributed by atoms with Crippen LogP contribution in [0.1, 0.15) is 12.0 Å². The van der Waals surface area contributed by atoms with Crippen molar-refractivity contribution in [3.05, 3.63) is 63.8 Å². The van der Waals surface area contributed by atoms with Crippen LogP contribution >= 0.6 is 11.3 Å². The van der Waals surface area contributed by atoms with Crippen molar-refractivity contribution in [3.8, 4) is 5.75 Å². The number of fused-ring (bicyclic) bond motifs is 1. The van der Waals surface area contributed by atoms with Gasteiger partial charge in [0.05, 0.1) is 4.70 Å². The molecule has 0 amide bonds. The minimum absolute atomic E-state index is 0.352. The second-order valence-corrected chi connectivity index (χ2v) is 6.01. The molecule has 0 saturated heterocycles. The molecule has 0 aliphatic heterocycles. The van der Waals surface area contributed by atoms with Crippen molar-refractivity contribution in [2.75, 3.05) is 0 Å². The predicted molar refractivity (Wildman–Crippen MR) is 87.2 cm³/mol. The first-order valence-electron chi connectivity index (χ1n) is 7.09. The highest BCUT2D eigenvalue weighted by Crippen LogP contribution is 2.24. The Morgan fingerprint density at radius 3 is 2.74 bits per heavy atom. The van der Waals surface area contributed by atoms with Crippen LogP contribution in [0.5, 0.6) is 5.75 Å². The molecule has 0 aliphatic carbocycles. The van der Waals surface area contributed by atoms with E-state index in [2.05, 4.69) is 0 Å². The average Bonchev–Trinajstić information content (AvgIpc) is 2.91. The molecule has 0 fully saturated rings. The van der Waals surface area contributed by atoms with E-state index < -0.39 is 17.0 Å². The highest BCUT2D eigenvalue weighted by molar-refractivity contribution is 7.16. The van der Waals surface area contributed by atoms with Crippen LogP contribution in [0.15, 0.2) is 57.7 Å². The summed E-state index contributed by atoms with van der Waals surface area (Å²) in [6, 6.07) is 14.5. The van der Waals surface area contributed by atoms with E-state index in [1.54, 1.807) is 18.2 Å². The van der Waals surface area contributed by atoms with Crippen LogP contribution in [0.2, 0.25) is 0 Å². The molecule has 3 aromatic rings. The van der Waals surface area contributed by atoms with Crippen molar-refractivity contribution >= 4 is 27.6 Å². The zero-order valence-electron chi connectivity index (χ0n) is 12.1. The van der Waals surface area contributed by atoms with E-state index in [-0.39, 0.29) is 0 Å². The first-order valence-corrected chi connectivity index (χ1v) is 7.90. The lowest BCUT2D eigenvalue weighted by Gasteiger charge is -2.15. The maximum absolute atomic E-state index is 11.4. The summed E-state index contributed by atoms with van der Waals surface area (Å²) in [4.78, 5) is 22.2. The van der Waals surface area contributed by atoms with Crippen molar-refractivity contribution in [3.63, 3.8) is 0 Å². The van der Waals surface area contributed by atoms with Gasteiger partial charge in [-0.15, -0.1) is 0 Å². The van der Waals surface area contributed by atoms with E-state index in [1.807, 2.05) is 30.3 Å². The molecule has 0 bridgehead atoms. The Hall–Kier alpha value is -2.60. The van der Waals surface area contributed by atoms with Gasteiger partial charge in [0.25, 0.3) is 0 Å². The molecule has 2 aromatic carbocycles. The lowest BCUT2D eigenvalue weighted by Crippen LogP contribution is -2.27. The van der Waals surface area contributed by atoms with Crippen LogP contribution in [0.25, 0.3) is 10.3 Å². The van der Waals surface area contributed by atoms with Gasteiger partial charge >= 0.3 is 10.9 Å². The molecular weight excluding hydrogens is 316 g/mol. The topological polar surface area (TPSA) is 76.7 Å². The number of aryl methyl sites for hydroxylation is 1. The minimum Gasteiger partial charge on any atom is -0.479 e. The van der Waals surface area contributed by atoms with Crippen molar-refractivity contribution in [1.82, 2.24) is 0 Å². The molecule has 1 N–H and O–H groups in total. The predicted octanol–water partition coefficient (Wildman–Crippen LogP) is 3.32. The molecule has 5 nitrogen and oxygen atoms in total. The van der Waals surface area contributed by atoms with E-state index in [0.29, 0.717) is 28.9 Å². The summed E-state index contributed by atoms with van der Waals surface area (Å²) in [5, 5.41) is 9.33. The summed E-state index contributed by atoms with van der Waals surface area (Å²) in [5.74, 6) is -0.646. The molecule has 1 unspecified atom stereocenters. The summed E-state index contributed by atoms with van der Waals surface area (Å²) >= 11 is 0.999. The zero-order chi connectivity index (χ0) is 16.2. The summed E-state index contributed by atoms with van der Waals surface area (Å²) in [7, 11) is 0. The maximum atomic E-state index is 11.4. The summed E-state index contributed by atoms with van der Waals surface area (Å²) in [6.07, 6.45) is -0.00327. The number of carbonyl (C=O) groups is 1. The number of aliphatic carboxylic acids is 1. The number of rotatable bonds is 6. The van der Waals surface area contributed by atoms with Crippen LogP contribution in [0.4, 0.5) is 0 Å². The first-order chi connectivity index (χ1) is 11.1. The van der Waals surface area contributed by atoms with E-state index in [4.69, 9.17) is 9.15 Å². The van der Waals surface area contributed by atoms with Crippen molar-refractivity contribution < 1.29 is 19.1 Å². The molecule has 3 rings (SSSR count). The van der Waals surface area contributed by atoms with Crippen LogP contribution in [-0.2, 0) is 11.2 Å². The average molecular weight is 330 g/mol. The molecule has 0 radical (unpaired) electrons. The molecule has 23 heavy (non-hydrogen) atoms. The molecule has 1 atom stereocenters. The fourth-order valence-corrected chi connectivity index (χ4v) is 2.91. The monoisotopic (exact) mass is 330 g/mol. The summed E-state index contributed by atoms with van der Waals surface area (Å²) < 4.78 is 11.3. The summed E-state index contributed by atoms with van der Waals surface area (Å²) in [5.41, 5.74) is 1.46. The van der Waals surface area contributed by atoms with E-state index in [9.17, 15) is 14.7 Å². The number of carboxylic acid groups (broad SMARTS) is 1. The quantitative estimate of drug-likeness (QED) is 0.750. The normalized spacial score (nSPS) is 12.2. The Labute approximate surface area is 135 Å². The number of ether oxygens (including phenoxy) is 1. The summed E-state index contributed by atoms with van der Waals surface area (Å²) in [6.45, 7) is 0. The molecule has 0 spiro atoms. The molecule has 1 heterocycles. The minimum atomic E-state index is -1.02. The van der Waals surface area contributed by atoms with Crippen molar-refractivity contribution in [1.29, 1.82) is 0 Å². The second-order valence-electron chi connectivity index (χ2n) is 5.03. The van der Waals surface area contributed by atoms with Gasteiger partial charge in [-0.2, -0.15) is 0 Å². The Morgan fingerprint density at radius 1 is 1.22 bits per heavy atom. The molecule has 0 aliphatic rings. The van der Waals surface area contributed by atoms with Gasteiger partial charge in [0, 0.05) is 6.07 Å². The molecular formula is C17H14O5S. The lowest BCUT2D eigenvalue weighted by molar-refractivity contribution is -0.145. The molecule has 118 valence electrons. The Balaban J connectivity index is 1.72. The number of benzene rings is 2. The van der Waals surface area contributed by atoms with Crippen molar-refractivity contribution in [2.24, 2.45) is 0 Å². The van der Waals surface area contributed by atoms with Gasteiger partial charge in [0.15, 0.2) is 11.7 Å². The highest BCUT2D eigenvalue weighted by Gasteiger charge is 2.19. The second kappa shape index (κ2) is 6.66. The first kappa shape index (κ1) is 15.3. The van der Waals surface area contributed by atoms with E-state index in [0.717, 1.165) is 16.9 Å². The van der Waals surface area contributed by atoms with Gasteiger partial charge < -0.3 is 14.3 Å². The van der Waals surface area contributed by atoms with Gasteiger partial charge in [-0.3, -0.25) is 0 Å². The molecule has 0 saturated carbocycles. The zero-order valence-corrected chi connectivity index (χ0v) is 12.9. The smallest absolute Gasteiger partial charge is 0.396 e. The third kappa shape index (κ3) is 3.78. The number of hydrogen-bond donors (Lipinski definition) is 1.